The predicted octanol–water partition coefficient (Wildman–Crippen LogP) is 5.37. The second kappa shape index (κ2) is 11.2. The lowest BCUT2D eigenvalue weighted by molar-refractivity contribution is 0.320. The molecule has 3 aromatic carbocycles. The molecule has 0 spiro atoms. The van der Waals surface area contributed by atoms with Crippen LogP contribution in [0.15, 0.2) is 102 Å². The molecule has 0 radical (unpaired) electrons. The molecule has 0 atom stereocenters. The van der Waals surface area contributed by atoms with Crippen molar-refractivity contribution >= 4 is 10.0 Å². The molecule has 0 N–H and O–H groups in total. The molecule has 0 saturated carbocycles. The van der Waals surface area contributed by atoms with Crippen molar-refractivity contribution in [1.82, 2.24) is 9.29 Å². The Labute approximate surface area is 203 Å². The highest BCUT2D eigenvalue weighted by Gasteiger charge is 2.25. The van der Waals surface area contributed by atoms with E-state index in [0.717, 1.165) is 22.8 Å². The maximum absolute atomic E-state index is 13.8. The van der Waals surface area contributed by atoms with Gasteiger partial charge in [0.25, 0.3) is 0 Å². The van der Waals surface area contributed by atoms with E-state index in [1.165, 1.54) is 34.6 Å². The Bertz CT molecular complexity index is 1360. The van der Waals surface area contributed by atoms with Crippen molar-refractivity contribution in [3.05, 3.63) is 126 Å². The molecule has 0 aliphatic carbocycles. The average Bonchev–Trinajstić information content (AvgIpc) is 2.86. The molecule has 0 aliphatic heterocycles. The Morgan fingerprint density at radius 3 is 2.20 bits per heavy atom. The summed E-state index contributed by atoms with van der Waals surface area (Å²) in [6.07, 6.45) is 3.79. The molecule has 35 heavy (non-hydrogen) atoms. The third kappa shape index (κ3) is 6.71. The van der Waals surface area contributed by atoms with E-state index >= 15 is 0 Å². The van der Waals surface area contributed by atoms with Crippen LogP contribution in [0, 0.1) is 11.6 Å². The molecule has 1 heterocycles. The van der Waals surface area contributed by atoms with Crippen molar-refractivity contribution in [3.8, 4) is 5.75 Å². The first-order valence-corrected chi connectivity index (χ1v) is 12.4. The number of benzene rings is 3. The Hall–Kier alpha value is -3.62. The van der Waals surface area contributed by atoms with Crippen LogP contribution in [0.2, 0.25) is 0 Å². The van der Waals surface area contributed by atoms with E-state index < -0.39 is 15.8 Å². The number of hydrogen-bond donors (Lipinski definition) is 0. The van der Waals surface area contributed by atoms with Gasteiger partial charge in [-0.2, -0.15) is 4.31 Å². The van der Waals surface area contributed by atoms with E-state index in [-0.39, 0.29) is 23.8 Å². The highest BCUT2D eigenvalue weighted by Crippen LogP contribution is 2.23. The van der Waals surface area contributed by atoms with E-state index in [4.69, 9.17) is 4.74 Å². The van der Waals surface area contributed by atoms with E-state index in [1.54, 1.807) is 54.9 Å². The van der Waals surface area contributed by atoms with Crippen LogP contribution < -0.4 is 4.74 Å². The van der Waals surface area contributed by atoms with Crippen LogP contribution in [-0.4, -0.2) is 24.3 Å². The minimum atomic E-state index is -3.99. The van der Waals surface area contributed by atoms with Crippen LogP contribution >= 0.6 is 0 Å². The maximum atomic E-state index is 13.8. The number of hydrogen-bond acceptors (Lipinski definition) is 4. The fourth-order valence-corrected chi connectivity index (χ4v) is 5.02. The Morgan fingerprint density at radius 1 is 0.743 bits per heavy atom. The summed E-state index contributed by atoms with van der Waals surface area (Å²) in [5.74, 6) is -0.310. The Balaban J connectivity index is 1.52. The summed E-state index contributed by atoms with van der Waals surface area (Å²) in [6, 6.07) is 21.9. The van der Waals surface area contributed by atoms with Gasteiger partial charge in [-0.25, -0.2) is 17.2 Å². The van der Waals surface area contributed by atoms with Crippen LogP contribution in [0.5, 0.6) is 5.75 Å². The smallest absolute Gasteiger partial charge is 0.243 e. The van der Waals surface area contributed by atoms with Crippen molar-refractivity contribution in [1.29, 1.82) is 0 Å². The molecule has 0 unspecified atom stereocenters. The topological polar surface area (TPSA) is 59.5 Å². The minimum absolute atomic E-state index is 0.0658. The van der Waals surface area contributed by atoms with Crippen LogP contribution in [0.4, 0.5) is 8.78 Å². The van der Waals surface area contributed by atoms with Crippen molar-refractivity contribution in [2.24, 2.45) is 0 Å². The second-order valence-electron chi connectivity index (χ2n) is 7.96. The molecule has 8 heteroatoms. The lowest BCUT2D eigenvalue weighted by Gasteiger charge is -2.23. The monoisotopic (exact) mass is 494 g/mol. The molecule has 1 aromatic heterocycles. The van der Waals surface area contributed by atoms with Gasteiger partial charge in [0.2, 0.25) is 10.0 Å². The van der Waals surface area contributed by atoms with Crippen molar-refractivity contribution in [3.63, 3.8) is 0 Å². The highest BCUT2D eigenvalue weighted by atomic mass is 32.2. The first kappa shape index (κ1) is 24.5. The average molecular weight is 495 g/mol. The summed E-state index contributed by atoms with van der Waals surface area (Å²) >= 11 is 0. The molecule has 0 fully saturated rings. The molecule has 0 amide bonds. The number of pyridine rings is 1. The van der Waals surface area contributed by atoms with Crippen LogP contribution in [-0.2, 0) is 29.5 Å². The number of nitrogens with zero attached hydrogens (tertiary/aromatic N) is 2. The summed E-state index contributed by atoms with van der Waals surface area (Å²) in [4.78, 5) is 3.87. The SMILES string of the molecule is O=S(=O)(c1cccc(F)c1)N(Cc1ccncc1)Cc1cccc(OCCc2ccc(F)cc2)c1. The van der Waals surface area contributed by atoms with Gasteiger partial charge >= 0.3 is 0 Å². The summed E-state index contributed by atoms with van der Waals surface area (Å²) in [6.45, 7) is 0.546. The zero-order valence-electron chi connectivity index (χ0n) is 18.8. The maximum Gasteiger partial charge on any atom is 0.243 e. The molecule has 4 aromatic rings. The van der Waals surface area contributed by atoms with Gasteiger partial charge in [0, 0.05) is 31.9 Å². The van der Waals surface area contributed by atoms with Gasteiger partial charge in [-0.15, -0.1) is 0 Å². The normalized spacial score (nSPS) is 11.5. The third-order valence-corrected chi connectivity index (χ3v) is 7.16. The predicted molar refractivity (Wildman–Crippen MR) is 129 cm³/mol. The van der Waals surface area contributed by atoms with E-state index in [2.05, 4.69) is 4.98 Å². The Kier molecular flexibility index (Phi) is 7.84. The van der Waals surface area contributed by atoms with E-state index in [0.29, 0.717) is 18.8 Å². The van der Waals surface area contributed by atoms with Crippen molar-refractivity contribution in [2.75, 3.05) is 6.61 Å². The number of aromatic nitrogens is 1. The fraction of sp³-hybridized carbons (Fsp3) is 0.148. The summed E-state index contributed by atoms with van der Waals surface area (Å²) in [5, 5.41) is 0. The first-order valence-electron chi connectivity index (χ1n) is 11.0. The van der Waals surface area contributed by atoms with Crippen LogP contribution in [0.1, 0.15) is 16.7 Å². The molecule has 4 rings (SSSR count). The van der Waals surface area contributed by atoms with Gasteiger partial charge in [-0.1, -0.05) is 30.3 Å². The molecule has 0 bridgehead atoms. The van der Waals surface area contributed by atoms with Gasteiger partial charge in [-0.05, 0) is 71.3 Å². The number of sulfonamides is 1. The number of rotatable bonds is 10. The standard InChI is InChI=1S/C27H24F2N2O3S/c28-24-9-7-21(8-10-24)13-16-34-26-5-1-3-23(17-26)20-31(19-22-11-14-30-15-12-22)35(32,33)27-6-2-4-25(29)18-27/h1-12,14-15,17-18H,13,16,19-20H2. The zero-order valence-corrected chi connectivity index (χ0v) is 19.7. The van der Waals surface area contributed by atoms with E-state index in [1.807, 2.05) is 6.07 Å². The van der Waals surface area contributed by atoms with Crippen molar-refractivity contribution in [2.45, 2.75) is 24.4 Å². The van der Waals surface area contributed by atoms with Crippen molar-refractivity contribution < 1.29 is 21.9 Å². The second-order valence-corrected chi connectivity index (χ2v) is 9.90. The Morgan fingerprint density at radius 2 is 1.46 bits per heavy atom. The third-order valence-electron chi connectivity index (χ3n) is 5.37. The molecule has 5 nitrogen and oxygen atoms in total. The van der Waals surface area contributed by atoms with Crippen LogP contribution in [0.3, 0.4) is 0 Å². The van der Waals surface area contributed by atoms with E-state index in [9.17, 15) is 17.2 Å². The zero-order chi connectivity index (χ0) is 24.7. The molecule has 0 aliphatic rings. The molecular formula is C27H24F2N2O3S. The summed E-state index contributed by atoms with van der Waals surface area (Å²) in [7, 11) is -3.99. The van der Waals surface area contributed by atoms with Gasteiger partial charge in [0.1, 0.15) is 17.4 Å². The quantitative estimate of drug-likeness (QED) is 0.297. The van der Waals surface area contributed by atoms with Gasteiger partial charge in [0.05, 0.1) is 11.5 Å². The first-order chi connectivity index (χ1) is 16.9. The lowest BCUT2D eigenvalue weighted by Crippen LogP contribution is -2.30. The number of ether oxygens (including phenoxy) is 1. The highest BCUT2D eigenvalue weighted by molar-refractivity contribution is 7.89. The lowest BCUT2D eigenvalue weighted by atomic mass is 10.1. The molecule has 0 saturated heterocycles. The largest absolute Gasteiger partial charge is 0.493 e. The fourth-order valence-electron chi connectivity index (χ4n) is 3.57. The van der Waals surface area contributed by atoms with Gasteiger partial charge < -0.3 is 4.74 Å². The molecular weight excluding hydrogens is 470 g/mol. The van der Waals surface area contributed by atoms with Gasteiger partial charge in [-0.3, -0.25) is 4.98 Å². The minimum Gasteiger partial charge on any atom is -0.493 e. The summed E-state index contributed by atoms with van der Waals surface area (Å²) < 4.78 is 60.9. The summed E-state index contributed by atoms with van der Waals surface area (Å²) in [5.41, 5.74) is 2.43. The molecule has 180 valence electrons. The van der Waals surface area contributed by atoms with Crippen LogP contribution in [0.25, 0.3) is 0 Å². The van der Waals surface area contributed by atoms with Gasteiger partial charge in [0.15, 0.2) is 0 Å². The number of halogens is 2.